The molecule has 15 heteroatoms. The van der Waals surface area contributed by atoms with Crippen molar-refractivity contribution < 1.29 is 47.0 Å². The molecule has 2 amide bonds. The van der Waals surface area contributed by atoms with Crippen LogP contribution >= 0.6 is 23.1 Å². The van der Waals surface area contributed by atoms with E-state index in [0.717, 1.165) is 16.2 Å². The number of hydrogen-bond donors (Lipinski definition) is 4. The first-order valence-corrected chi connectivity index (χ1v) is 12.3. The zero-order valence-corrected chi connectivity index (χ0v) is 20.3. The van der Waals surface area contributed by atoms with Gasteiger partial charge in [0.25, 0.3) is 11.8 Å². The molecule has 2 aromatic heterocycles. The summed E-state index contributed by atoms with van der Waals surface area (Å²) in [7, 11) is 0. The molecular weight excluding hydrogens is 524 g/mol. The van der Waals surface area contributed by atoms with Gasteiger partial charge in [-0.25, -0.2) is 19.1 Å². The van der Waals surface area contributed by atoms with E-state index in [2.05, 4.69) is 15.5 Å². The maximum Gasteiger partial charge on any atom is 0.352 e. The smallest absolute Gasteiger partial charge is 0.352 e. The number of amides is 2. The number of β-lactam (4-membered cyclic amide) rings is 1. The highest BCUT2D eigenvalue weighted by Crippen LogP contribution is 2.40. The number of carbonyl (C=O) groups excluding carboxylic acids is 2. The van der Waals surface area contributed by atoms with Crippen molar-refractivity contribution in [3.05, 3.63) is 52.9 Å². The number of carboxylic acid groups (broad SMARTS) is 2. The maximum absolute atomic E-state index is 13.3. The number of nitrogens with one attached hydrogen (secondary N) is 1. The SMILES string of the molecule is [2H]C([2H])([2H])C(O/N=C(\C(=O)N[C@@H]1C(=O)N2C(C(=O)O)=C(C[n+]3ccccc3)CS[C@H]12)c1csc(N)n1)(C(=O)O)C([2H])([2H])[2H]. The third kappa shape index (κ3) is 5.27. The molecule has 2 aliphatic rings. The minimum Gasteiger partial charge on any atom is -0.478 e. The fourth-order valence-electron chi connectivity index (χ4n) is 3.53. The Hall–Kier alpha value is -3.98. The lowest BCUT2D eigenvalue weighted by atomic mass is 10.0. The third-order valence-electron chi connectivity index (χ3n) is 5.24. The predicted octanol–water partition coefficient (Wildman–Crippen LogP) is 0.0355. The molecule has 2 aromatic rings. The Bertz CT molecular complexity index is 1510. The van der Waals surface area contributed by atoms with Crippen molar-refractivity contribution in [1.29, 1.82) is 0 Å². The van der Waals surface area contributed by atoms with E-state index in [0.29, 0.717) is 5.57 Å². The quantitative estimate of drug-likeness (QED) is 0.143. The van der Waals surface area contributed by atoms with E-state index in [9.17, 15) is 29.4 Å². The van der Waals surface area contributed by atoms with Gasteiger partial charge in [0, 0.05) is 37.1 Å². The van der Waals surface area contributed by atoms with E-state index in [1.54, 1.807) is 35.2 Å². The van der Waals surface area contributed by atoms with Crippen LogP contribution in [0.15, 0.2) is 52.4 Å². The van der Waals surface area contributed by atoms with Gasteiger partial charge in [-0.15, -0.1) is 23.1 Å². The molecule has 1 saturated heterocycles. The van der Waals surface area contributed by atoms with Gasteiger partial charge in [0.1, 0.15) is 22.8 Å². The molecule has 0 unspecified atom stereocenters. The molecule has 0 aromatic carbocycles. The first-order valence-electron chi connectivity index (χ1n) is 13.4. The summed E-state index contributed by atoms with van der Waals surface area (Å²) in [5.74, 6) is -5.53. The van der Waals surface area contributed by atoms with E-state index in [1.165, 1.54) is 17.1 Å². The number of nitrogen functional groups attached to an aromatic ring is 1. The number of oxime groups is 1. The lowest BCUT2D eigenvalue weighted by molar-refractivity contribution is -0.689. The fourth-order valence-corrected chi connectivity index (χ4v) is 5.41. The van der Waals surface area contributed by atoms with Gasteiger partial charge in [0.2, 0.25) is 5.60 Å². The number of nitrogens with two attached hydrogens (primary N) is 1. The van der Waals surface area contributed by atoms with Gasteiger partial charge in [0.05, 0.1) is 0 Å². The topological polar surface area (TPSA) is 188 Å². The van der Waals surface area contributed by atoms with Crippen LogP contribution in [0.25, 0.3) is 0 Å². The number of thioether (sulfide) groups is 1. The van der Waals surface area contributed by atoms with Gasteiger partial charge in [-0.2, -0.15) is 0 Å². The number of carboxylic acids is 2. The average molecular weight is 554 g/mol. The van der Waals surface area contributed by atoms with Gasteiger partial charge >= 0.3 is 11.9 Å². The van der Waals surface area contributed by atoms with E-state index in [-0.39, 0.29) is 28.8 Å². The molecular formula is C22H23N6O7S2+. The summed E-state index contributed by atoms with van der Waals surface area (Å²) in [5, 5.41) is 25.5. The van der Waals surface area contributed by atoms with Crippen molar-refractivity contribution in [3.8, 4) is 0 Å². The summed E-state index contributed by atoms with van der Waals surface area (Å²) in [6.45, 7) is -7.37. The number of thiazole rings is 1. The molecule has 2 aliphatic heterocycles. The van der Waals surface area contributed by atoms with E-state index >= 15 is 0 Å². The van der Waals surface area contributed by atoms with Crippen LogP contribution in [0.3, 0.4) is 0 Å². The van der Waals surface area contributed by atoms with Crippen LogP contribution in [0.1, 0.15) is 27.6 Å². The van der Waals surface area contributed by atoms with E-state index in [4.69, 9.17) is 18.8 Å². The number of hydrogen-bond acceptors (Lipinski definition) is 10. The van der Waals surface area contributed by atoms with Crippen molar-refractivity contribution in [3.63, 3.8) is 0 Å². The van der Waals surface area contributed by atoms with Gasteiger partial charge in [0.15, 0.2) is 29.8 Å². The van der Waals surface area contributed by atoms with Gasteiger partial charge in [-0.1, -0.05) is 11.2 Å². The second-order valence-electron chi connectivity index (χ2n) is 7.75. The molecule has 0 bridgehead atoms. The Kier molecular flexibility index (Phi) is 5.27. The van der Waals surface area contributed by atoms with Crippen LogP contribution in [0, 0.1) is 0 Å². The summed E-state index contributed by atoms with van der Waals surface area (Å²) >= 11 is 2.00. The summed E-state index contributed by atoms with van der Waals surface area (Å²) in [6.07, 6.45) is 3.46. The van der Waals surface area contributed by atoms with Crippen molar-refractivity contribution in [2.24, 2.45) is 5.16 Å². The Labute approximate surface area is 227 Å². The summed E-state index contributed by atoms with van der Waals surface area (Å²) in [6, 6.07) is 4.02. The highest BCUT2D eigenvalue weighted by Gasteiger charge is 2.54. The van der Waals surface area contributed by atoms with Crippen LogP contribution in [0.4, 0.5) is 5.13 Å². The lowest BCUT2D eigenvalue weighted by Gasteiger charge is -2.49. The first kappa shape index (κ1) is 19.2. The minimum atomic E-state index is -3.87. The molecule has 1 fully saturated rings. The summed E-state index contributed by atoms with van der Waals surface area (Å²) in [4.78, 5) is 60.2. The zero-order chi connectivity index (χ0) is 31.9. The number of nitrogens with zero attached hydrogens (tertiary/aromatic N) is 4. The molecule has 4 rings (SSSR count). The van der Waals surface area contributed by atoms with Crippen LogP contribution in [-0.4, -0.2) is 72.3 Å². The molecule has 13 nitrogen and oxygen atoms in total. The lowest BCUT2D eigenvalue weighted by Crippen LogP contribution is -2.71. The molecule has 0 saturated carbocycles. The number of fused-ring (bicyclic) bond motifs is 1. The highest BCUT2D eigenvalue weighted by molar-refractivity contribution is 8.00. The molecule has 2 atom stereocenters. The van der Waals surface area contributed by atoms with Crippen molar-refractivity contribution in [2.75, 3.05) is 11.5 Å². The number of pyridine rings is 1. The zero-order valence-electron chi connectivity index (χ0n) is 24.7. The molecule has 0 radical (unpaired) electrons. The number of carbonyl (C=O) groups is 4. The van der Waals surface area contributed by atoms with Crippen LogP contribution < -0.4 is 15.6 Å². The number of aromatic nitrogens is 2. The Morgan fingerprint density at radius 1 is 1.35 bits per heavy atom. The Morgan fingerprint density at radius 2 is 2.08 bits per heavy atom. The first-order chi connectivity index (χ1) is 20.0. The normalized spacial score (nSPS) is 22.8. The van der Waals surface area contributed by atoms with E-state index in [1.807, 2.05) is 0 Å². The van der Waals surface area contributed by atoms with Crippen LogP contribution in [0.2, 0.25) is 0 Å². The minimum absolute atomic E-state index is 0.0829. The van der Waals surface area contributed by atoms with E-state index < -0.39 is 60.2 Å². The second-order valence-corrected chi connectivity index (χ2v) is 9.75. The summed E-state index contributed by atoms with van der Waals surface area (Å²) in [5.41, 5.74) is 0.777. The maximum atomic E-state index is 13.3. The van der Waals surface area contributed by atoms with Crippen LogP contribution in [-0.2, 0) is 30.6 Å². The standard InChI is InChI=1S/C22H22N6O7S2/c1-22(2,20(33)34)35-26-13(12-10-37-21(23)24-12)16(29)25-14-17(30)28-15(19(31)32)11(9-36-18(14)28)8-27-6-4-3-5-7-27/h3-7,10,14,18H,8-9H2,1-2H3,(H4-,23,24,25,29,31,32,33,34)/p+1/b26-13-/t14-,18-/m1/s1/i1D3,2D3. The van der Waals surface area contributed by atoms with Gasteiger partial charge < -0.3 is 26.1 Å². The molecule has 0 aliphatic carbocycles. The second kappa shape index (κ2) is 10.2. The average Bonchev–Trinajstić information content (AvgIpc) is 3.33. The molecule has 37 heavy (non-hydrogen) atoms. The van der Waals surface area contributed by atoms with Crippen LogP contribution in [0.5, 0.6) is 0 Å². The number of aliphatic carboxylic acids is 2. The third-order valence-corrected chi connectivity index (χ3v) is 7.26. The number of rotatable bonds is 9. The summed E-state index contributed by atoms with van der Waals surface area (Å²) < 4.78 is 47.1. The molecule has 0 spiro atoms. The van der Waals surface area contributed by atoms with Crippen molar-refractivity contribution >= 4 is 57.7 Å². The molecule has 4 heterocycles. The monoisotopic (exact) mass is 553 g/mol. The fraction of sp³-hybridized carbons (Fsp3) is 0.318. The Morgan fingerprint density at radius 3 is 2.68 bits per heavy atom. The Balaban J connectivity index is 1.64. The van der Waals surface area contributed by atoms with Crippen molar-refractivity contribution in [1.82, 2.24) is 15.2 Å². The molecule has 5 N–H and O–H groups in total. The molecule has 194 valence electrons. The predicted molar refractivity (Wildman–Crippen MR) is 132 cm³/mol. The number of anilines is 1. The van der Waals surface area contributed by atoms with Gasteiger partial charge in [-0.3, -0.25) is 14.5 Å². The van der Waals surface area contributed by atoms with Crippen molar-refractivity contribution in [2.45, 2.75) is 37.3 Å². The highest BCUT2D eigenvalue weighted by atomic mass is 32.2. The largest absolute Gasteiger partial charge is 0.478 e. The van der Waals surface area contributed by atoms with Gasteiger partial charge in [-0.05, 0) is 13.7 Å².